The maximum absolute atomic E-state index is 9.59. The second kappa shape index (κ2) is 6.86. The first-order chi connectivity index (χ1) is 9.60. The quantitative estimate of drug-likeness (QED) is 0.846. The monoisotopic (exact) mass is 290 g/mol. The molecule has 2 rings (SSSR count). The molecule has 0 bridgehead atoms. The summed E-state index contributed by atoms with van der Waals surface area (Å²) in [6.07, 6.45) is 2.10. The first kappa shape index (κ1) is 15.0. The highest BCUT2D eigenvalue weighted by atomic mass is 32.1. The lowest BCUT2D eigenvalue weighted by Gasteiger charge is -2.07. The highest BCUT2D eigenvalue weighted by molar-refractivity contribution is 7.15. The third kappa shape index (κ3) is 3.81. The van der Waals surface area contributed by atoms with Crippen LogP contribution in [-0.4, -0.2) is 16.1 Å². The first-order valence-corrected chi connectivity index (χ1v) is 7.93. The van der Waals surface area contributed by atoms with Gasteiger partial charge in [0.2, 0.25) is 0 Å². The summed E-state index contributed by atoms with van der Waals surface area (Å²) in [4.78, 5) is 6.06. The summed E-state index contributed by atoms with van der Waals surface area (Å²) in [6, 6.07) is 7.78. The van der Waals surface area contributed by atoms with Crippen molar-refractivity contribution in [3.05, 3.63) is 34.8 Å². The van der Waals surface area contributed by atoms with Gasteiger partial charge in [0.1, 0.15) is 10.8 Å². The summed E-state index contributed by atoms with van der Waals surface area (Å²) in [5, 5.41) is 14.0. The summed E-state index contributed by atoms with van der Waals surface area (Å²) in [6.45, 7) is 7.34. The molecule has 0 saturated carbocycles. The number of phenols is 1. The number of hydrogen-bond donors (Lipinski definition) is 2. The van der Waals surface area contributed by atoms with E-state index in [2.05, 4.69) is 26.1 Å². The standard InChI is InChI=1S/C16H22N2OS/c1-4-6-14-15(10-17-11(2)3)20-16(18-14)12-7-5-8-13(19)9-12/h5,7-9,11,17,19H,4,6,10H2,1-3H3. The van der Waals surface area contributed by atoms with Crippen LogP contribution in [0.25, 0.3) is 10.6 Å². The van der Waals surface area contributed by atoms with Crippen molar-refractivity contribution in [1.29, 1.82) is 0 Å². The van der Waals surface area contributed by atoms with Crippen molar-refractivity contribution in [1.82, 2.24) is 10.3 Å². The molecule has 1 aromatic carbocycles. The molecule has 1 aromatic heterocycles. The van der Waals surface area contributed by atoms with E-state index in [9.17, 15) is 5.11 Å². The number of benzene rings is 1. The third-order valence-corrected chi connectivity index (χ3v) is 4.18. The van der Waals surface area contributed by atoms with Gasteiger partial charge in [-0.05, 0) is 18.6 Å². The minimum absolute atomic E-state index is 0.289. The van der Waals surface area contributed by atoms with Gasteiger partial charge in [0, 0.05) is 23.0 Å². The zero-order chi connectivity index (χ0) is 14.5. The van der Waals surface area contributed by atoms with Crippen molar-refractivity contribution in [2.45, 2.75) is 46.2 Å². The van der Waals surface area contributed by atoms with Gasteiger partial charge in [-0.3, -0.25) is 0 Å². The molecule has 0 spiro atoms. The molecule has 0 amide bonds. The number of aromatic hydroxyl groups is 1. The fraction of sp³-hybridized carbons (Fsp3) is 0.438. The summed E-state index contributed by atoms with van der Waals surface area (Å²) in [5.41, 5.74) is 2.17. The van der Waals surface area contributed by atoms with Crippen LogP contribution < -0.4 is 5.32 Å². The number of thiazole rings is 1. The lowest BCUT2D eigenvalue weighted by Crippen LogP contribution is -2.21. The van der Waals surface area contributed by atoms with E-state index in [1.165, 1.54) is 10.6 Å². The van der Waals surface area contributed by atoms with Crippen LogP contribution in [0.1, 0.15) is 37.8 Å². The smallest absolute Gasteiger partial charge is 0.124 e. The summed E-state index contributed by atoms with van der Waals surface area (Å²) >= 11 is 1.72. The molecule has 108 valence electrons. The molecule has 0 radical (unpaired) electrons. The molecular weight excluding hydrogens is 268 g/mol. The SMILES string of the molecule is CCCc1nc(-c2cccc(O)c2)sc1CNC(C)C. The number of rotatable bonds is 6. The van der Waals surface area contributed by atoms with Crippen molar-refractivity contribution in [3.63, 3.8) is 0 Å². The largest absolute Gasteiger partial charge is 0.508 e. The van der Waals surface area contributed by atoms with Crippen molar-refractivity contribution >= 4 is 11.3 Å². The average Bonchev–Trinajstić information content (AvgIpc) is 2.80. The third-order valence-electron chi connectivity index (χ3n) is 3.03. The highest BCUT2D eigenvalue weighted by Crippen LogP contribution is 2.30. The Morgan fingerprint density at radius 1 is 1.35 bits per heavy atom. The maximum atomic E-state index is 9.59. The summed E-state index contributed by atoms with van der Waals surface area (Å²) < 4.78 is 0. The van der Waals surface area contributed by atoms with E-state index < -0.39 is 0 Å². The van der Waals surface area contributed by atoms with Crippen LogP contribution in [0, 0.1) is 0 Å². The fourth-order valence-corrected chi connectivity index (χ4v) is 3.07. The van der Waals surface area contributed by atoms with Crippen LogP contribution in [0.5, 0.6) is 5.75 Å². The van der Waals surface area contributed by atoms with Crippen molar-refractivity contribution < 1.29 is 5.11 Å². The second-order valence-electron chi connectivity index (χ2n) is 5.22. The van der Waals surface area contributed by atoms with Gasteiger partial charge >= 0.3 is 0 Å². The Morgan fingerprint density at radius 3 is 2.80 bits per heavy atom. The van der Waals surface area contributed by atoms with E-state index in [1.807, 2.05) is 12.1 Å². The molecule has 3 nitrogen and oxygen atoms in total. The van der Waals surface area contributed by atoms with Gasteiger partial charge in [0.05, 0.1) is 5.69 Å². The van der Waals surface area contributed by atoms with Gasteiger partial charge in [-0.25, -0.2) is 4.98 Å². The van der Waals surface area contributed by atoms with Gasteiger partial charge in [-0.1, -0.05) is 39.3 Å². The molecule has 2 aromatic rings. The summed E-state index contributed by atoms with van der Waals surface area (Å²) in [5.74, 6) is 0.289. The first-order valence-electron chi connectivity index (χ1n) is 7.11. The van der Waals surface area contributed by atoms with Crippen LogP contribution in [-0.2, 0) is 13.0 Å². The van der Waals surface area contributed by atoms with Crippen LogP contribution >= 0.6 is 11.3 Å². The Hall–Kier alpha value is -1.39. The Labute approximate surface area is 124 Å². The molecule has 2 N–H and O–H groups in total. The number of aromatic nitrogens is 1. The van der Waals surface area contributed by atoms with Crippen LogP contribution in [0.15, 0.2) is 24.3 Å². The summed E-state index contributed by atoms with van der Waals surface area (Å²) in [7, 11) is 0. The minimum Gasteiger partial charge on any atom is -0.508 e. The number of phenolic OH excluding ortho intramolecular Hbond substituents is 1. The Bertz CT molecular complexity index is 563. The van der Waals surface area contributed by atoms with Gasteiger partial charge in [0.25, 0.3) is 0 Å². The molecule has 0 fully saturated rings. The minimum atomic E-state index is 0.289. The Morgan fingerprint density at radius 2 is 2.15 bits per heavy atom. The number of aryl methyl sites for hydroxylation is 1. The van der Waals surface area contributed by atoms with E-state index >= 15 is 0 Å². The van der Waals surface area contributed by atoms with Crippen molar-refractivity contribution in [2.24, 2.45) is 0 Å². The van der Waals surface area contributed by atoms with Gasteiger partial charge < -0.3 is 10.4 Å². The molecule has 0 aliphatic carbocycles. The second-order valence-corrected chi connectivity index (χ2v) is 6.31. The van der Waals surface area contributed by atoms with E-state index in [0.717, 1.165) is 30.0 Å². The van der Waals surface area contributed by atoms with Gasteiger partial charge in [-0.15, -0.1) is 11.3 Å². The number of nitrogens with one attached hydrogen (secondary N) is 1. The topological polar surface area (TPSA) is 45.2 Å². The van der Waals surface area contributed by atoms with Crippen molar-refractivity contribution in [2.75, 3.05) is 0 Å². The number of hydrogen-bond acceptors (Lipinski definition) is 4. The van der Waals surface area contributed by atoms with E-state index in [0.29, 0.717) is 6.04 Å². The lowest BCUT2D eigenvalue weighted by atomic mass is 10.2. The molecule has 0 atom stereocenters. The maximum Gasteiger partial charge on any atom is 0.124 e. The highest BCUT2D eigenvalue weighted by Gasteiger charge is 2.12. The molecule has 0 saturated heterocycles. The van der Waals surface area contributed by atoms with Gasteiger partial charge in [0.15, 0.2) is 0 Å². The van der Waals surface area contributed by atoms with Gasteiger partial charge in [-0.2, -0.15) is 0 Å². The molecular formula is C16H22N2OS. The molecule has 4 heteroatoms. The van der Waals surface area contributed by atoms with E-state index in [4.69, 9.17) is 4.98 Å². The molecule has 0 unspecified atom stereocenters. The normalized spacial score (nSPS) is 11.2. The average molecular weight is 290 g/mol. The molecule has 1 heterocycles. The predicted octanol–water partition coefficient (Wildman–Crippen LogP) is 3.97. The van der Waals surface area contributed by atoms with Crippen LogP contribution in [0.3, 0.4) is 0 Å². The van der Waals surface area contributed by atoms with E-state index in [-0.39, 0.29) is 5.75 Å². The molecule has 20 heavy (non-hydrogen) atoms. The fourth-order valence-electron chi connectivity index (χ4n) is 2.01. The zero-order valence-electron chi connectivity index (χ0n) is 12.3. The Balaban J connectivity index is 2.28. The van der Waals surface area contributed by atoms with E-state index in [1.54, 1.807) is 23.5 Å². The lowest BCUT2D eigenvalue weighted by molar-refractivity contribution is 0.475. The molecule has 0 aliphatic heterocycles. The van der Waals surface area contributed by atoms with Crippen LogP contribution in [0.4, 0.5) is 0 Å². The molecule has 0 aliphatic rings. The zero-order valence-corrected chi connectivity index (χ0v) is 13.1. The van der Waals surface area contributed by atoms with Crippen molar-refractivity contribution in [3.8, 4) is 16.3 Å². The number of nitrogens with zero attached hydrogens (tertiary/aromatic N) is 1. The van der Waals surface area contributed by atoms with Crippen LogP contribution in [0.2, 0.25) is 0 Å². The Kier molecular flexibility index (Phi) is 5.15. The predicted molar refractivity (Wildman–Crippen MR) is 85.2 cm³/mol.